The second-order valence-electron chi connectivity index (χ2n) is 4.38. The first kappa shape index (κ1) is 12.3. The fourth-order valence-electron chi connectivity index (χ4n) is 2.10. The molecule has 0 aromatic carbocycles. The number of likely N-dealkylation sites (tertiary alicyclic amines) is 1. The fraction of sp³-hybridized carbons (Fsp3) is 0.600. The van der Waals surface area contributed by atoms with Crippen LogP contribution in [0.1, 0.15) is 29.9 Å². The van der Waals surface area contributed by atoms with Gasteiger partial charge in [-0.2, -0.15) is 4.98 Å². The maximum absolute atomic E-state index is 12.0. The van der Waals surface area contributed by atoms with Crippen molar-refractivity contribution in [1.82, 2.24) is 20.1 Å². The van der Waals surface area contributed by atoms with E-state index in [0.29, 0.717) is 19.5 Å². The van der Waals surface area contributed by atoms with Crippen molar-refractivity contribution < 1.29 is 14.7 Å². The van der Waals surface area contributed by atoms with Gasteiger partial charge in [0, 0.05) is 19.5 Å². The van der Waals surface area contributed by atoms with Gasteiger partial charge in [0.1, 0.15) is 0 Å². The first-order chi connectivity index (χ1) is 8.56. The van der Waals surface area contributed by atoms with E-state index in [1.165, 1.54) is 0 Å². The Labute approximate surface area is 103 Å². The van der Waals surface area contributed by atoms with Gasteiger partial charge < -0.3 is 15.7 Å². The van der Waals surface area contributed by atoms with E-state index < -0.39 is 5.97 Å². The van der Waals surface area contributed by atoms with Gasteiger partial charge in [-0.3, -0.25) is 14.7 Å². The summed E-state index contributed by atoms with van der Waals surface area (Å²) in [7, 11) is 0. The van der Waals surface area contributed by atoms with Crippen molar-refractivity contribution in [3.05, 3.63) is 5.82 Å². The number of nitrogen functional groups attached to an aromatic ring is 1. The van der Waals surface area contributed by atoms with Crippen molar-refractivity contribution in [3.8, 4) is 0 Å². The van der Waals surface area contributed by atoms with Crippen LogP contribution in [0.15, 0.2) is 0 Å². The van der Waals surface area contributed by atoms with Crippen molar-refractivity contribution in [2.24, 2.45) is 5.92 Å². The summed E-state index contributed by atoms with van der Waals surface area (Å²) in [5.74, 6) is -0.628. The quantitative estimate of drug-likeness (QED) is 0.677. The molecule has 1 aromatic rings. The largest absolute Gasteiger partial charge is 0.481 e. The number of anilines is 1. The lowest BCUT2D eigenvalue weighted by Gasteiger charge is -2.14. The van der Waals surface area contributed by atoms with Gasteiger partial charge in [0.2, 0.25) is 11.8 Å². The Morgan fingerprint density at radius 3 is 2.94 bits per heavy atom. The Hall–Kier alpha value is -2.12. The summed E-state index contributed by atoms with van der Waals surface area (Å²) in [6.45, 7) is 1.18. The maximum Gasteiger partial charge on any atom is 0.303 e. The number of carbonyl (C=O) groups excluding carboxylic acids is 1. The molecule has 1 saturated heterocycles. The van der Waals surface area contributed by atoms with Crippen LogP contribution < -0.4 is 5.73 Å². The molecule has 0 saturated carbocycles. The van der Waals surface area contributed by atoms with Crippen molar-refractivity contribution >= 4 is 17.8 Å². The molecule has 2 heterocycles. The number of aromatic nitrogens is 3. The number of amides is 1. The Morgan fingerprint density at radius 1 is 1.56 bits per heavy atom. The van der Waals surface area contributed by atoms with Gasteiger partial charge in [0.05, 0.1) is 0 Å². The van der Waals surface area contributed by atoms with Crippen LogP contribution in [0, 0.1) is 5.92 Å². The molecular weight excluding hydrogens is 238 g/mol. The lowest BCUT2D eigenvalue weighted by atomic mass is 10.0. The van der Waals surface area contributed by atoms with Gasteiger partial charge in [0.25, 0.3) is 5.91 Å². The first-order valence-electron chi connectivity index (χ1n) is 5.75. The second kappa shape index (κ2) is 5.03. The van der Waals surface area contributed by atoms with Crippen LogP contribution in [0.5, 0.6) is 0 Å². The van der Waals surface area contributed by atoms with Crippen molar-refractivity contribution in [1.29, 1.82) is 0 Å². The number of nitrogens with one attached hydrogen (secondary N) is 1. The number of carbonyl (C=O) groups is 2. The molecule has 2 rings (SSSR count). The molecular formula is C10H15N5O3. The van der Waals surface area contributed by atoms with Crippen LogP contribution in [0.4, 0.5) is 5.95 Å². The number of carboxylic acid groups (broad SMARTS) is 1. The predicted octanol–water partition coefficient (Wildman–Crippen LogP) is -0.286. The SMILES string of the molecule is Nc1n[nH]c(C(=O)N2CCC(CCC(=O)O)C2)n1. The molecule has 0 spiro atoms. The molecule has 1 amide bonds. The second-order valence-corrected chi connectivity index (χ2v) is 4.38. The number of nitrogens with zero attached hydrogens (tertiary/aromatic N) is 3. The van der Waals surface area contributed by atoms with Gasteiger partial charge in [-0.15, -0.1) is 5.10 Å². The zero-order valence-electron chi connectivity index (χ0n) is 9.80. The molecule has 1 aromatic heterocycles. The molecule has 0 bridgehead atoms. The summed E-state index contributed by atoms with van der Waals surface area (Å²) in [5.41, 5.74) is 5.33. The minimum absolute atomic E-state index is 0.0416. The molecule has 0 radical (unpaired) electrons. The summed E-state index contributed by atoms with van der Waals surface area (Å²) in [4.78, 5) is 27.9. The zero-order chi connectivity index (χ0) is 13.1. The van der Waals surface area contributed by atoms with Gasteiger partial charge in [-0.1, -0.05) is 0 Å². The molecule has 8 nitrogen and oxygen atoms in total. The molecule has 1 fully saturated rings. The summed E-state index contributed by atoms with van der Waals surface area (Å²) < 4.78 is 0. The maximum atomic E-state index is 12.0. The van der Waals surface area contributed by atoms with E-state index >= 15 is 0 Å². The smallest absolute Gasteiger partial charge is 0.303 e. The number of hydrogen-bond donors (Lipinski definition) is 3. The highest BCUT2D eigenvalue weighted by atomic mass is 16.4. The minimum Gasteiger partial charge on any atom is -0.481 e. The normalized spacial score (nSPS) is 19.1. The van der Waals surface area contributed by atoms with E-state index in [2.05, 4.69) is 15.2 Å². The van der Waals surface area contributed by atoms with E-state index in [1.54, 1.807) is 4.90 Å². The third-order valence-electron chi connectivity index (χ3n) is 3.04. The summed E-state index contributed by atoms with van der Waals surface area (Å²) >= 11 is 0. The topological polar surface area (TPSA) is 125 Å². The molecule has 0 aliphatic carbocycles. The third kappa shape index (κ3) is 2.76. The average Bonchev–Trinajstić information content (AvgIpc) is 2.94. The van der Waals surface area contributed by atoms with Gasteiger partial charge in [0.15, 0.2) is 0 Å². The van der Waals surface area contributed by atoms with Gasteiger partial charge in [-0.25, -0.2) is 0 Å². The molecule has 8 heteroatoms. The number of aliphatic carboxylic acids is 1. The van der Waals surface area contributed by atoms with Crippen LogP contribution >= 0.6 is 0 Å². The first-order valence-corrected chi connectivity index (χ1v) is 5.75. The Morgan fingerprint density at radius 2 is 2.33 bits per heavy atom. The number of nitrogens with two attached hydrogens (primary N) is 1. The van der Waals surface area contributed by atoms with E-state index in [9.17, 15) is 9.59 Å². The highest BCUT2D eigenvalue weighted by Gasteiger charge is 2.28. The van der Waals surface area contributed by atoms with E-state index in [-0.39, 0.29) is 30.0 Å². The fourth-order valence-corrected chi connectivity index (χ4v) is 2.10. The minimum atomic E-state index is -0.803. The number of rotatable bonds is 4. The monoisotopic (exact) mass is 253 g/mol. The van der Waals surface area contributed by atoms with E-state index in [0.717, 1.165) is 6.42 Å². The van der Waals surface area contributed by atoms with E-state index in [4.69, 9.17) is 10.8 Å². The van der Waals surface area contributed by atoms with Gasteiger partial charge in [-0.05, 0) is 18.8 Å². The average molecular weight is 253 g/mol. The van der Waals surface area contributed by atoms with Crippen molar-refractivity contribution in [2.45, 2.75) is 19.3 Å². The molecule has 4 N–H and O–H groups in total. The van der Waals surface area contributed by atoms with Crippen molar-refractivity contribution in [3.63, 3.8) is 0 Å². The number of H-pyrrole nitrogens is 1. The van der Waals surface area contributed by atoms with Crippen LogP contribution in [0.3, 0.4) is 0 Å². The van der Waals surface area contributed by atoms with Gasteiger partial charge >= 0.3 is 5.97 Å². The van der Waals surface area contributed by atoms with E-state index in [1.807, 2.05) is 0 Å². The standard InChI is InChI=1S/C10H15N5O3/c11-10-12-8(13-14-10)9(18)15-4-3-6(5-15)1-2-7(16)17/h6H,1-5H2,(H,16,17)(H3,11,12,13,14). The lowest BCUT2D eigenvalue weighted by molar-refractivity contribution is -0.137. The zero-order valence-corrected chi connectivity index (χ0v) is 9.80. The molecule has 1 aliphatic rings. The molecule has 1 unspecified atom stereocenters. The third-order valence-corrected chi connectivity index (χ3v) is 3.04. The number of hydrogen-bond acceptors (Lipinski definition) is 5. The highest BCUT2D eigenvalue weighted by molar-refractivity contribution is 5.90. The molecule has 1 aliphatic heterocycles. The predicted molar refractivity (Wildman–Crippen MR) is 61.7 cm³/mol. The van der Waals surface area contributed by atoms with Crippen LogP contribution in [0.25, 0.3) is 0 Å². The molecule has 98 valence electrons. The number of aromatic amines is 1. The number of carboxylic acids is 1. The summed E-state index contributed by atoms with van der Waals surface area (Å²) in [6, 6.07) is 0. The lowest BCUT2D eigenvalue weighted by Crippen LogP contribution is -2.29. The Kier molecular flexibility index (Phi) is 3.45. The molecule has 1 atom stereocenters. The summed E-state index contributed by atoms with van der Waals surface area (Å²) in [6.07, 6.45) is 1.56. The Balaban J connectivity index is 1.88. The van der Waals surface area contributed by atoms with Crippen molar-refractivity contribution in [2.75, 3.05) is 18.8 Å². The Bertz CT molecular complexity index is 458. The van der Waals surface area contributed by atoms with Crippen LogP contribution in [-0.2, 0) is 4.79 Å². The summed E-state index contributed by atoms with van der Waals surface area (Å²) in [5, 5.41) is 14.7. The highest BCUT2D eigenvalue weighted by Crippen LogP contribution is 2.22. The van der Waals surface area contributed by atoms with Crippen LogP contribution in [-0.4, -0.2) is 50.2 Å². The van der Waals surface area contributed by atoms with Crippen LogP contribution in [0.2, 0.25) is 0 Å². The molecule has 18 heavy (non-hydrogen) atoms.